The van der Waals surface area contributed by atoms with Crippen LogP contribution in [0.3, 0.4) is 0 Å². The molecule has 4 nitrogen and oxygen atoms in total. The van der Waals surface area contributed by atoms with Crippen LogP contribution in [0.25, 0.3) is 0 Å². The van der Waals surface area contributed by atoms with Crippen molar-refractivity contribution >= 4 is 6.09 Å². The third-order valence-corrected chi connectivity index (χ3v) is 2.59. The molecule has 11 heavy (non-hydrogen) atoms. The van der Waals surface area contributed by atoms with Crippen LogP contribution in [0.5, 0.6) is 0 Å². The van der Waals surface area contributed by atoms with E-state index in [1.165, 1.54) is 0 Å². The van der Waals surface area contributed by atoms with Gasteiger partial charge in [-0.15, -0.1) is 0 Å². The lowest BCUT2D eigenvalue weighted by Crippen LogP contribution is -2.57. The van der Waals surface area contributed by atoms with Crippen LogP contribution in [0.1, 0.15) is 6.92 Å². The fraction of sp³-hybridized carbons (Fsp3) is 0.857. The van der Waals surface area contributed by atoms with E-state index < -0.39 is 0 Å². The van der Waals surface area contributed by atoms with Crippen LogP contribution in [0, 0.1) is 5.92 Å². The summed E-state index contributed by atoms with van der Waals surface area (Å²) >= 11 is 0. The first kappa shape index (κ1) is 6.91. The molecule has 2 rings (SSSR count). The predicted molar refractivity (Wildman–Crippen MR) is 39.2 cm³/mol. The number of carbonyl (C=O) groups is 1. The molecule has 62 valence electrons. The minimum atomic E-state index is -0.285. The summed E-state index contributed by atoms with van der Waals surface area (Å²) in [5.41, 5.74) is -0.0741. The molecule has 2 atom stereocenters. The molecule has 4 heteroatoms. The van der Waals surface area contributed by atoms with Crippen LogP contribution in [0.4, 0.5) is 4.79 Å². The molecule has 2 N–H and O–H groups in total. The molecule has 2 saturated heterocycles. The summed E-state index contributed by atoms with van der Waals surface area (Å²) in [6.45, 7) is 4.40. The minimum absolute atomic E-state index is 0.0741. The number of alkyl carbamates (subject to hydrolysis) is 1. The van der Waals surface area contributed by atoms with Gasteiger partial charge in [0.1, 0.15) is 0 Å². The monoisotopic (exact) mass is 156 g/mol. The normalized spacial score (nSPS) is 42.6. The summed E-state index contributed by atoms with van der Waals surface area (Å²) < 4.78 is 4.87. The Balaban J connectivity index is 2.16. The van der Waals surface area contributed by atoms with Crippen LogP contribution in [0.15, 0.2) is 0 Å². The second kappa shape index (κ2) is 2.11. The molecule has 2 aliphatic rings. The Hall–Kier alpha value is -0.770. The largest absolute Gasteiger partial charge is 0.449 e. The molecular weight excluding hydrogens is 144 g/mol. The molecule has 0 aromatic heterocycles. The van der Waals surface area contributed by atoms with E-state index in [-0.39, 0.29) is 11.6 Å². The number of ether oxygens (including phenoxy) is 1. The summed E-state index contributed by atoms with van der Waals surface area (Å²) in [5, 5.41) is 6.06. The van der Waals surface area contributed by atoms with E-state index in [4.69, 9.17) is 4.74 Å². The molecule has 2 fully saturated rings. The van der Waals surface area contributed by atoms with Crippen LogP contribution >= 0.6 is 0 Å². The van der Waals surface area contributed by atoms with Gasteiger partial charge in [0.05, 0.1) is 12.1 Å². The molecule has 2 aliphatic heterocycles. The van der Waals surface area contributed by atoms with Gasteiger partial charge in [0.2, 0.25) is 0 Å². The topological polar surface area (TPSA) is 50.4 Å². The van der Waals surface area contributed by atoms with E-state index in [2.05, 4.69) is 17.6 Å². The third kappa shape index (κ3) is 0.976. The Morgan fingerprint density at radius 3 is 3.36 bits per heavy atom. The number of amides is 1. The maximum Gasteiger partial charge on any atom is 0.407 e. The molecule has 0 aromatic rings. The van der Waals surface area contributed by atoms with Gasteiger partial charge in [0, 0.05) is 19.0 Å². The molecule has 0 radical (unpaired) electrons. The van der Waals surface area contributed by atoms with Crippen molar-refractivity contribution in [2.45, 2.75) is 12.5 Å². The van der Waals surface area contributed by atoms with Crippen LogP contribution < -0.4 is 10.6 Å². The average Bonchev–Trinajstić information content (AvgIpc) is 2.28. The molecule has 0 aliphatic carbocycles. The second-order valence-electron chi connectivity index (χ2n) is 3.47. The lowest BCUT2D eigenvalue weighted by molar-refractivity contribution is 0.0686. The smallest absolute Gasteiger partial charge is 0.407 e. The van der Waals surface area contributed by atoms with Crippen molar-refractivity contribution in [1.82, 2.24) is 10.6 Å². The Kier molecular flexibility index (Phi) is 1.32. The molecule has 0 bridgehead atoms. The zero-order valence-corrected chi connectivity index (χ0v) is 6.52. The number of nitrogens with one attached hydrogen (secondary N) is 2. The maximum atomic E-state index is 10.8. The third-order valence-electron chi connectivity index (χ3n) is 2.59. The van der Waals surface area contributed by atoms with Crippen molar-refractivity contribution in [2.24, 2.45) is 5.92 Å². The van der Waals surface area contributed by atoms with E-state index in [9.17, 15) is 4.79 Å². The van der Waals surface area contributed by atoms with E-state index >= 15 is 0 Å². The van der Waals surface area contributed by atoms with Gasteiger partial charge in [-0.25, -0.2) is 4.79 Å². The van der Waals surface area contributed by atoms with Crippen molar-refractivity contribution in [2.75, 3.05) is 19.7 Å². The molecule has 0 aromatic carbocycles. The van der Waals surface area contributed by atoms with Crippen LogP contribution in [-0.4, -0.2) is 31.3 Å². The highest BCUT2D eigenvalue weighted by Crippen LogP contribution is 2.24. The summed E-state index contributed by atoms with van der Waals surface area (Å²) in [6, 6.07) is 0. The van der Waals surface area contributed by atoms with E-state index in [1.54, 1.807) is 0 Å². The van der Waals surface area contributed by atoms with Gasteiger partial charge in [-0.2, -0.15) is 0 Å². The standard InChI is InChI=1S/C7H12N2O2/c1-7-4-8-2-5(7)3-11-6(10)9-7/h5,8H,2-4H2,1H3,(H,9,10)/t5-,7-/m1/s1. The number of fused-ring (bicyclic) bond motifs is 1. The predicted octanol–water partition coefficient (Wildman–Crippen LogP) is -0.296. The van der Waals surface area contributed by atoms with Crippen molar-refractivity contribution in [3.05, 3.63) is 0 Å². The molecule has 0 unspecified atom stereocenters. The molecule has 0 spiro atoms. The van der Waals surface area contributed by atoms with E-state index in [0.29, 0.717) is 12.5 Å². The first-order valence-electron chi connectivity index (χ1n) is 3.86. The van der Waals surface area contributed by atoms with Crippen LogP contribution in [-0.2, 0) is 4.74 Å². The van der Waals surface area contributed by atoms with Gasteiger partial charge in [-0.1, -0.05) is 0 Å². The fourth-order valence-corrected chi connectivity index (χ4v) is 1.71. The number of carbonyl (C=O) groups excluding carboxylic acids is 1. The summed E-state index contributed by atoms with van der Waals surface area (Å²) in [4.78, 5) is 10.8. The average molecular weight is 156 g/mol. The van der Waals surface area contributed by atoms with Gasteiger partial charge in [0.25, 0.3) is 0 Å². The van der Waals surface area contributed by atoms with Crippen LogP contribution in [0.2, 0.25) is 0 Å². The van der Waals surface area contributed by atoms with Gasteiger partial charge in [0.15, 0.2) is 0 Å². The fourth-order valence-electron chi connectivity index (χ4n) is 1.71. The number of hydrogen-bond donors (Lipinski definition) is 2. The lowest BCUT2D eigenvalue weighted by Gasteiger charge is -2.35. The lowest BCUT2D eigenvalue weighted by atomic mass is 9.89. The number of hydrogen-bond acceptors (Lipinski definition) is 3. The highest BCUT2D eigenvalue weighted by Gasteiger charge is 2.43. The Morgan fingerprint density at radius 1 is 1.73 bits per heavy atom. The van der Waals surface area contributed by atoms with Crippen molar-refractivity contribution in [3.63, 3.8) is 0 Å². The first-order chi connectivity index (χ1) is 5.21. The van der Waals surface area contributed by atoms with Crippen molar-refractivity contribution in [1.29, 1.82) is 0 Å². The molecule has 0 saturated carbocycles. The SMILES string of the molecule is C[C@@]12CNC[C@@H]1COC(=O)N2. The van der Waals surface area contributed by atoms with Gasteiger partial charge >= 0.3 is 6.09 Å². The highest BCUT2D eigenvalue weighted by atomic mass is 16.6. The van der Waals surface area contributed by atoms with Gasteiger partial charge in [-0.3, -0.25) is 0 Å². The van der Waals surface area contributed by atoms with Crippen molar-refractivity contribution < 1.29 is 9.53 Å². The Labute approximate surface area is 65.3 Å². The molecule has 1 amide bonds. The van der Waals surface area contributed by atoms with Gasteiger partial charge < -0.3 is 15.4 Å². The zero-order valence-electron chi connectivity index (χ0n) is 6.52. The molecular formula is C7H12N2O2. The van der Waals surface area contributed by atoms with E-state index in [1.807, 2.05) is 0 Å². The summed E-state index contributed by atoms with van der Waals surface area (Å²) in [6.07, 6.45) is -0.285. The first-order valence-corrected chi connectivity index (χ1v) is 3.86. The maximum absolute atomic E-state index is 10.8. The quantitative estimate of drug-likeness (QED) is 0.506. The van der Waals surface area contributed by atoms with Crippen molar-refractivity contribution in [3.8, 4) is 0 Å². The van der Waals surface area contributed by atoms with E-state index in [0.717, 1.165) is 13.1 Å². The second-order valence-corrected chi connectivity index (χ2v) is 3.47. The number of rotatable bonds is 0. The number of cyclic esters (lactones) is 1. The zero-order chi connectivity index (χ0) is 7.90. The van der Waals surface area contributed by atoms with Gasteiger partial charge in [-0.05, 0) is 6.92 Å². The summed E-state index contributed by atoms with van der Waals surface area (Å²) in [7, 11) is 0. The Bertz CT molecular complexity index is 195. The molecule has 2 heterocycles. The minimum Gasteiger partial charge on any atom is -0.449 e. The summed E-state index contributed by atoms with van der Waals surface area (Å²) in [5.74, 6) is 0.431. The Morgan fingerprint density at radius 2 is 2.55 bits per heavy atom. The highest BCUT2D eigenvalue weighted by molar-refractivity contribution is 5.69.